The van der Waals surface area contributed by atoms with Crippen LogP contribution in [0.3, 0.4) is 0 Å². The van der Waals surface area contributed by atoms with Crippen LogP contribution in [0.5, 0.6) is 0 Å². The molecule has 1 aliphatic heterocycles. The maximum atomic E-state index is 11.9. The van der Waals surface area contributed by atoms with Crippen molar-refractivity contribution in [3.8, 4) is 0 Å². The third-order valence-corrected chi connectivity index (χ3v) is 3.94. The Bertz CT molecular complexity index is 290. The number of carbonyl (C=O) groups is 1. The summed E-state index contributed by atoms with van der Waals surface area (Å²) in [7, 11) is 0. The average molecular weight is 322 g/mol. The summed E-state index contributed by atoms with van der Waals surface area (Å²) in [6, 6.07) is 0. The summed E-state index contributed by atoms with van der Waals surface area (Å²) in [6.45, 7) is 9.01. The van der Waals surface area contributed by atoms with Gasteiger partial charge in [-0.2, -0.15) is 0 Å². The van der Waals surface area contributed by atoms with Gasteiger partial charge in [-0.15, -0.1) is 0 Å². The molecule has 1 N–H and O–H groups in total. The fraction of sp³-hybridized carbons (Fsp3) is 0.923. The molecular weight excluding hydrogens is 298 g/mol. The van der Waals surface area contributed by atoms with Gasteiger partial charge in [-0.05, 0) is 39.0 Å². The van der Waals surface area contributed by atoms with Gasteiger partial charge in [0.2, 0.25) is 0 Å². The number of alkyl halides is 1. The number of nitrogens with zero attached hydrogens (tertiary/aromatic N) is 1. The number of aliphatic hydroxyl groups is 1. The fourth-order valence-electron chi connectivity index (χ4n) is 2.34. The molecule has 18 heavy (non-hydrogen) atoms. The Kier molecular flexibility index (Phi) is 5.46. The maximum Gasteiger partial charge on any atom is 0.410 e. The molecule has 0 aliphatic carbocycles. The number of hydrogen-bond donors (Lipinski definition) is 1. The summed E-state index contributed by atoms with van der Waals surface area (Å²) in [5.41, 5.74) is -0.452. The Morgan fingerprint density at radius 2 is 2.17 bits per heavy atom. The molecule has 5 heteroatoms. The SMILES string of the molecule is CC1CN(C(=O)OC(C)(C)C)CCC1C(O)CBr. The normalized spacial score (nSPS) is 26.9. The first-order chi connectivity index (χ1) is 8.24. The molecule has 1 fully saturated rings. The molecule has 1 amide bonds. The molecular formula is C13H24BrNO3. The van der Waals surface area contributed by atoms with Gasteiger partial charge in [0.1, 0.15) is 5.60 Å². The fourth-order valence-corrected chi connectivity index (χ4v) is 2.82. The van der Waals surface area contributed by atoms with Gasteiger partial charge in [0.05, 0.1) is 6.10 Å². The van der Waals surface area contributed by atoms with Crippen LogP contribution in [-0.2, 0) is 4.74 Å². The van der Waals surface area contributed by atoms with Crippen molar-refractivity contribution in [2.24, 2.45) is 11.8 Å². The Labute approximate surface area is 118 Å². The van der Waals surface area contributed by atoms with Gasteiger partial charge in [0, 0.05) is 18.4 Å². The molecule has 0 radical (unpaired) electrons. The molecule has 0 saturated carbocycles. The molecule has 1 rings (SSSR count). The van der Waals surface area contributed by atoms with E-state index in [0.717, 1.165) is 6.42 Å². The van der Waals surface area contributed by atoms with E-state index in [9.17, 15) is 9.90 Å². The van der Waals surface area contributed by atoms with Crippen LogP contribution in [-0.4, -0.2) is 46.2 Å². The number of amides is 1. The lowest BCUT2D eigenvalue weighted by Crippen LogP contribution is -2.47. The molecule has 4 nitrogen and oxygen atoms in total. The maximum absolute atomic E-state index is 11.9. The van der Waals surface area contributed by atoms with Crippen LogP contribution < -0.4 is 0 Å². The van der Waals surface area contributed by atoms with Crippen molar-refractivity contribution in [2.75, 3.05) is 18.4 Å². The number of hydrogen-bond acceptors (Lipinski definition) is 3. The predicted molar refractivity (Wildman–Crippen MR) is 74.9 cm³/mol. The second-order valence-corrected chi connectivity index (χ2v) is 6.73. The first-order valence-corrected chi connectivity index (χ1v) is 7.58. The summed E-state index contributed by atoms with van der Waals surface area (Å²) < 4.78 is 5.36. The highest BCUT2D eigenvalue weighted by molar-refractivity contribution is 9.09. The third kappa shape index (κ3) is 4.43. The molecule has 1 heterocycles. The molecule has 1 aliphatic rings. The smallest absolute Gasteiger partial charge is 0.410 e. The van der Waals surface area contributed by atoms with Crippen molar-refractivity contribution in [1.82, 2.24) is 4.90 Å². The molecule has 0 aromatic rings. The van der Waals surface area contributed by atoms with Gasteiger partial charge in [-0.3, -0.25) is 0 Å². The van der Waals surface area contributed by atoms with Crippen LogP contribution in [0.4, 0.5) is 4.79 Å². The number of likely N-dealkylation sites (tertiary alicyclic amines) is 1. The number of rotatable bonds is 2. The third-order valence-electron chi connectivity index (χ3n) is 3.28. The number of aliphatic hydroxyl groups excluding tert-OH is 1. The van der Waals surface area contributed by atoms with Gasteiger partial charge < -0.3 is 14.7 Å². The lowest BCUT2D eigenvalue weighted by atomic mass is 9.83. The van der Waals surface area contributed by atoms with Crippen LogP contribution in [0.15, 0.2) is 0 Å². The summed E-state index contributed by atoms with van der Waals surface area (Å²) in [6.07, 6.45) is 0.245. The van der Waals surface area contributed by atoms with Crippen LogP contribution in [0, 0.1) is 11.8 Å². The van der Waals surface area contributed by atoms with Crippen molar-refractivity contribution < 1.29 is 14.6 Å². The topological polar surface area (TPSA) is 49.8 Å². The van der Waals surface area contributed by atoms with Crippen molar-refractivity contribution in [1.29, 1.82) is 0 Å². The predicted octanol–water partition coefficient (Wildman–Crippen LogP) is 2.64. The zero-order chi connectivity index (χ0) is 13.9. The Morgan fingerprint density at radius 1 is 1.56 bits per heavy atom. The molecule has 0 bridgehead atoms. The van der Waals surface area contributed by atoms with Gasteiger partial charge >= 0.3 is 6.09 Å². The number of carbonyl (C=O) groups excluding carboxylic acids is 1. The zero-order valence-corrected chi connectivity index (χ0v) is 13.2. The van der Waals surface area contributed by atoms with E-state index < -0.39 is 5.60 Å². The van der Waals surface area contributed by atoms with Crippen LogP contribution in [0.25, 0.3) is 0 Å². The number of ether oxygens (including phenoxy) is 1. The van der Waals surface area contributed by atoms with E-state index in [0.29, 0.717) is 24.3 Å². The Balaban J connectivity index is 2.53. The largest absolute Gasteiger partial charge is 0.444 e. The molecule has 0 aromatic carbocycles. The van der Waals surface area contributed by atoms with Gasteiger partial charge in [0.25, 0.3) is 0 Å². The first kappa shape index (κ1) is 15.8. The highest BCUT2D eigenvalue weighted by Gasteiger charge is 2.34. The number of piperidine rings is 1. The standard InChI is InChI=1S/C13H24BrNO3/c1-9-8-15(12(17)18-13(2,3)4)6-5-10(9)11(16)7-14/h9-11,16H,5-8H2,1-4H3. The van der Waals surface area contributed by atoms with Crippen molar-refractivity contribution in [3.63, 3.8) is 0 Å². The van der Waals surface area contributed by atoms with E-state index >= 15 is 0 Å². The van der Waals surface area contributed by atoms with Crippen molar-refractivity contribution >= 4 is 22.0 Å². The summed E-state index contributed by atoms with van der Waals surface area (Å²) in [5.74, 6) is 0.543. The van der Waals surface area contributed by atoms with E-state index in [2.05, 4.69) is 22.9 Å². The van der Waals surface area contributed by atoms with Crippen molar-refractivity contribution in [2.45, 2.75) is 45.8 Å². The molecule has 1 saturated heterocycles. The quantitative estimate of drug-likeness (QED) is 0.795. The minimum absolute atomic E-state index is 0.249. The van der Waals surface area contributed by atoms with Gasteiger partial charge in [-0.1, -0.05) is 22.9 Å². The zero-order valence-electron chi connectivity index (χ0n) is 11.6. The van der Waals surface area contributed by atoms with E-state index in [4.69, 9.17) is 4.74 Å². The molecule has 0 spiro atoms. The Morgan fingerprint density at radius 3 is 2.61 bits per heavy atom. The highest BCUT2D eigenvalue weighted by atomic mass is 79.9. The molecule has 0 aromatic heterocycles. The molecule has 3 unspecified atom stereocenters. The minimum Gasteiger partial charge on any atom is -0.444 e. The second-order valence-electron chi connectivity index (χ2n) is 6.08. The average Bonchev–Trinajstić information content (AvgIpc) is 2.25. The highest BCUT2D eigenvalue weighted by Crippen LogP contribution is 2.28. The van der Waals surface area contributed by atoms with Gasteiger partial charge in [0.15, 0.2) is 0 Å². The van der Waals surface area contributed by atoms with Crippen LogP contribution in [0.2, 0.25) is 0 Å². The molecule has 3 atom stereocenters. The summed E-state index contributed by atoms with van der Waals surface area (Å²) in [5, 5.41) is 10.5. The number of halogens is 1. The first-order valence-electron chi connectivity index (χ1n) is 6.46. The van der Waals surface area contributed by atoms with E-state index in [1.807, 2.05) is 20.8 Å². The minimum atomic E-state index is -0.452. The van der Waals surface area contributed by atoms with E-state index in [-0.39, 0.29) is 18.1 Å². The summed E-state index contributed by atoms with van der Waals surface area (Å²) >= 11 is 3.31. The van der Waals surface area contributed by atoms with E-state index in [1.54, 1.807) is 4.90 Å². The second kappa shape index (κ2) is 6.24. The van der Waals surface area contributed by atoms with Crippen LogP contribution >= 0.6 is 15.9 Å². The lowest BCUT2D eigenvalue weighted by molar-refractivity contribution is -0.00298. The van der Waals surface area contributed by atoms with Gasteiger partial charge in [-0.25, -0.2) is 4.79 Å². The van der Waals surface area contributed by atoms with E-state index in [1.165, 1.54) is 0 Å². The molecule has 106 valence electrons. The van der Waals surface area contributed by atoms with Crippen LogP contribution in [0.1, 0.15) is 34.1 Å². The van der Waals surface area contributed by atoms with Crippen molar-refractivity contribution in [3.05, 3.63) is 0 Å². The Hall–Kier alpha value is -0.290. The lowest BCUT2D eigenvalue weighted by Gasteiger charge is -2.39. The monoisotopic (exact) mass is 321 g/mol. The summed E-state index contributed by atoms with van der Waals surface area (Å²) in [4.78, 5) is 13.7.